The molecule has 38 heavy (non-hydrogen) atoms. The maximum atomic E-state index is 12.5. The Morgan fingerprint density at radius 2 is 1.95 bits per heavy atom. The fourth-order valence-corrected chi connectivity index (χ4v) is 5.13. The zero-order valence-electron chi connectivity index (χ0n) is 21.6. The lowest BCUT2D eigenvalue weighted by molar-refractivity contribution is -0.268. The van der Waals surface area contributed by atoms with Crippen LogP contribution in [-0.4, -0.2) is 55.2 Å². The summed E-state index contributed by atoms with van der Waals surface area (Å²) >= 11 is 1.50. The van der Waals surface area contributed by atoms with Crippen LogP contribution in [0, 0.1) is 5.92 Å². The van der Waals surface area contributed by atoms with Gasteiger partial charge in [0.2, 0.25) is 5.16 Å². The number of tetrazole rings is 1. The fraction of sp³-hybridized carbons (Fsp3) is 0.423. The molecule has 1 fully saturated rings. The summed E-state index contributed by atoms with van der Waals surface area (Å²) in [5.74, 6) is -0.382. The molecule has 12 heteroatoms. The Kier molecular flexibility index (Phi) is 9.10. The van der Waals surface area contributed by atoms with Crippen molar-refractivity contribution in [3.8, 4) is 0 Å². The van der Waals surface area contributed by atoms with Crippen molar-refractivity contribution in [3.63, 3.8) is 0 Å². The summed E-state index contributed by atoms with van der Waals surface area (Å²) in [4.78, 5) is 23.7. The highest BCUT2D eigenvalue weighted by Gasteiger charge is 2.38. The van der Waals surface area contributed by atoms with Crippen LogP contribution in [0.2, 0.25) is 0 Å². The molecule has 1 aliphatic rings. The highest BCUT2D eigenvalue weighted by Crippen LogP contribution is 2.43. The summed E-state index contributed by atoms with van der Waals surface area (Å²) in [6.07, 6.45) is -2.13. The number of thioether (sulfide) groups is 1. The molecule has 0 radical (unpaired) electrons. The van der Waals surface area contributed by atoms with Crippen LogP contribution in [0.25, 0.3) is 0 Å². The number of aliphatic hydroxyl groups is 1. The quantitative estimate of drug-likeness (QED) is 0.307. The predicted octanol–water partition coefficient (Wildman–Crippen LogP) is 3.18. The minimum atomic E-state index is -0.929. The van der Waals surface area contributed by atoms with E-state index < -0.39 is 24.3 Å². The van der Waals surface area contributed by atoms with Crippen molar-refractivity contribution in [2.75, 3.05) is 11.1 Å². The van der Waals surface area contributed by atoms with Crippen LogP contribution in [0.1, 0.15) is 49.9 Å². The van der Waals surface area contributed by atoms with E-state index >= 15 is 0 Å². The van der Waals surface area contributed by atoms with E-state index in [-0.39, 0.29) is 24.7 Å². The van der Waals surface area contributed by atoms with Gasteiger partial charge in [0.25, 0.3) is 5.91 Å². The van der Waals surface area contributed by atoms with Gasteiger partial charge in [-0.25, -0.2) is 4.68 Å². The normalized spacial score (nSPS) is 22.0. The molecule has 1 amide bonds. The van der Waals surface area contributed by atoms with Crippen molar-refractivity contribution in [1.29, 1.82) is 0 Å². The highest BCUT2D eigenvalue weighted by atomic mass is 32.2. The van der Waals surface area contributed by atoms with E-state index in [1.54, 1.807) is 29.9 Å². The third-order valence-corrected chi connectivity index (χ3v) is 7.32. The average molecular weight is 542 g/mol. The van der Waals surface area contributed by atoms with Crippen LogP contribution >= 0.6 is 11.8 Å². The number of hydrogen-bond donors (Lipinski definition) is 2. The number of carbonyl (C=O) groups excluding carboxylic acids is 2. The molecule has 0 bridgehead atoms. The Hall–Kier alpha value is -3.32. The molecule has 1 saturated heterocycles. The van der Waals surface area contributed by atoms with Crippen molar-refractivity contribution in [2.45, 2.75) is 57.1 Å². The van der Waals surface area contributed by atoms with E-state index in [9.17, 15) is 14.7 Å². The molecule has 11 nitrogen and oxygen atoms in total. The zero-order chi connectivity index (χ0) is 27.2. The van der Waals surface area contributed by atoms with Gasteiger partial charge in [-0.1, -0.05) is 55.1 Å². The monoisotopic (exact) mass is 541 g/mol. The molecule has 1 aliphatic heterocycles. The van der Waals surface area contributed by atoms with Gasteiger partial charge in [-0.15, -0.1) is 5.10 Å². The number of aliphatic hydroxyl groups excluding tert-OH is 1. The van der Waals surface area contributed by atoms with E-state index in [1.807, 2.05) is 30.3 Å². The first kappa shape index (κ1) is 27.7. The largest absolute Gasteiger partial charge is 0.453 e. The number of nitrogens with one attached hydrogen (secondary N) is 1. The van der Waals surface area contributed by atoms with Crippen LogP contribution in [0.5, 0.6) is 0 Å². The molecule has 2 N–H and O–H groups in total. The second-order valence-electron chi connectivity index (χ2n) is 9.08. The third-order valence-electron chi connectivity index (χ3n) is 6.22. The summed E-state index contributed by atoms with van der Waals surface area (Å²) in [6, 6.07) is 14.9. The topological polar surface area (TPSA) is 138 Å². The maximum Gasteiger partial charge on any atom is 0.303 e. The molecule has 0 unspecified atom stereocenters. The van der Waals surface area contributed by atoms with Crippen molar-refractivity contribution < 1.29 is 28.9 Å². The Morgan fingerprint density at radius 3 is 2.61 bits per heavy atom. The van der Waals surface area contributed by atoms with Crippen molar-refractivity contribution in [3.05, 3.63) is 65.2 Å². The van der Waals surface area contributed by atoms with Crippen molar-refractivity contribution in [1.82, 2.24) is 20.2 Å². The van der Waals surface area contributed by atoms with Gasteiger partial charge >= 0.3 is 5.97 Å². The lowest BCUT2D eigenvalue weighted by atomic mass is 9.91. The minimum absolute atomic E-state index is 0.00706. The second-order valence-corrected chi connectivity index (χ2v) is 10.1. The zero-order valence-corrected chi connectivity index (χ0v) is 22.4. The number of ether oxygens (including phenoxy) is 3. The van der Waals surface area contributed by atoms with Gasteiger partial charge in [0, 0.05) is 36.9 Å². The molecule has 2 aromatic carbocycles. The summed E-state index contributed by atoms with van der Waals surface area (Å²) in [5, 5.41) is 24.5. The first-order valence-corrected chi connectivity index (χ1v) is 13.2. The van der Waals surface area contributed by atoms with E-state index in [1.165, 1.54) is 25.6 Å². The van der Waals surface area contributed by atoms with Gasteiger partial charge < -0.3 is 24.6 Å². The standard InChI is InChI=1S/C26H31N5O6S/c1-15-22(14-38-26-28-29-30-31(26)4)36-25(37-23(15)19-10-8-18(13-32)9-11-19)20-6-5-7-21(12-20)27-24(34)16(2)35-17(3)33/h5-12,15-16,22-23,25,32H,13-14H2,1-4H3,(H,27,34)/t15-,16-,22+,23+,25+/m0/s1. The summed E-state index contributed by atoms with van der Waals surface area (Å²) in [6.45, 7) is 4.81. The number of rotatable bonds is 9. The van der Waals surface area contributed by atoms with Crippen LogP contribution in [-0.2, 0) is 37.5 Å². The number of esters is 1. The minimum Gasteiger partial charge on any atom is -0.453 e. The second kappa shape index (κ2) is 12.5. The summed E-state index contributed by atoms with van der Waals surface area (Å²) in [7, 11) is 1.78. The highest BCUT2D eigenvalue weighted by molar-refractivity contribution is 7.99. The van der Waals surface area contributed by atoms with Crippen LogP contribution in [0.15, 0.2) is 53.7 Å². The number of nitrogens with zero attached hydrogens (tertiary/aromatic N) is 4. The first-order valence-electron chi connectivity index (χ1n) is 12.2. The Labute approximate surface area is 224 Å². The van der Waals surface area contributed by atoms with Gasteiger partial charge in [-0.05, 0) is 40.6 Å². The molecular weight excluding hydrogens is 510 g/mol. The lowest BCUT2D eigenvalue weighted by Gasteiger charge is -2.41. The number of anilines is 1. The van der Waals surface area contributed by atoms with Gasteiger partial charge in [0.15, 0.2) is 12.4 Å². The summed E-state index contributed by atoms with van der Waals surface area (Å²) < 4.78 is 19.5. The van der Waals surface area contributed by atoms with Crippen LogP contribution in [0.3, 0.4) is 0 Å². The molecule has 1 aromatic heterocycles. The molecule has 4 rings (SSSR count). The van der Waals surface area contributed by atoms with Gasteiger partial charge in [0.1, 0.15) is 0 Å². The Bertz CT molecular complexity index is 1250. The van der Waals surface area contributed by atoms with Gasteiger partial charge in [-0.3, -0.25) is 9.59 Å². The third kappa shape index (κ3) is 6.76. The number of aryl methyl sites for hydroxylation is 1. The molecule has 5 atom stereocenters. The SMILES string of the molecule is CC(=O)O[C@@H](C)C(=O)Nc1cccc([C@@H]2O[C@H](CSc3nnnn3C)[C@H](C)[C@H](c3ccc(CO)cc3)O2)c1. The predicted molar refractivity (Wildman–Crippen MR) is 139 cm³/mol. The number of hydrogen-bond acceptors (Lipinski definition) is 10. The number of amides is 1. The van der Waals surface area contributed by atoms with E-state index in [2.05, 4.69) is 27.8 Å². The molecular formula is C26H31N5O6S. The molecule has 2 heterocycles. The first-order chi connectivity index (χ1) is 18.2. The number of carbonyl (C=O) groups is 2. The van der Waals surface area contributed by atoms with Crippen LogP contribution < -0.4 is 5.32 Å². The lowest BCUT2D eigenvalue weighted by Crippen LogP contribution is -2.38. The molecule has 3 aromatic rings. The Morgan fingerprint density at radius 1 is 1.18 bits per heavy atom. The maximum absolute atomic E-state index is 12.5. The molecule has 0 aliphatic carbocycles. The molecule has 0 saturated carbocycles. The van der Waals surface area contributed by atoms with Crippen molar-refractivity contribution >= 4 is 29.3 Å². The number of aromatic nitrogens is 4. The molecule has 202 valence electrons. The van der Waals surface area contributed by atoms with Crippen LogP contribution in [0.4, 0.5) is 5.69 Å². The average Bonchev–Trinajstić information content (AvgIpc) is 3.32. The van der Waals surface area contributed by atoms with Gasteiger partial charge in [0.05, 0.1) is 18.8 Å². The Balaban J connectivity index is 1.56. The smallest absolute Gasteiger partial charge is 0.303 e. The van der Waals surface area contributed by atoms with E-state index in [4.69, 9.17) is 14.2 Å². The van der Waals surface area contributed by atoms with E-state index in [0.717, 1.165) is 16.7 Å². The van der Waals surface area contributed by atoms with E-state index in [0.29, 0.717) is 16.6 Å². The van der Waals surface area contributed by atoms with Crippen molar-refractivity contribution in [2.24, 2.45) is 13.0 Å². The summed E-state index contributed by atoms with van der Waals surface area (Å²) in [5.41, 5.74) is 3.04. The molecule has 0 spiro atoms. The number of benzene rings is 2. The van der Waals surface area contributed by atoms with Gasteiger partial charge in [-0.2, -0.15) is 0 Å². The fourth-order valence-electron chi connectivity index (χ4n) is 4.12.